The van der Waals surface area contributed by atoms with Gasteiger partial charge in [0.05, 0.1) is 12.3 Å². The summed E-state index contributed by atoms with van der Waals surface area (Å²) in [6.07, 6.45) is -3.97. The molecular weight excluding hydrogens is 290 g/mol. The molecule has 4 unspecified atom stereocenters. The van der Waals surface area contributed by atoms with E-state index in [0.29, 0.717) is 5.56 Å². The molecule has 2 rings (SSSR count). The predicted molar refractivity (Wildman–Crippen MR) is 77.2 cm³/mol. The highest BCUT2D eigenvalue weighted by atomic mass is 16.5. The van der Waals surface area contributed by atoms with Crippen LogP contribution in [0.5, 0.6) is 0 Å². The Balaban J connectivity index is 2.25. The van der Waals surface area contributed by atoms with Crippen molar-refractivity contribution in [1.29, 1.82) is 5.41 Å². The standard InChI is InChI=1S/C14H17N3O5/c15-5-7-3-4-17-8(11(7)16)1-2-9-12(19)14(21)13(20)10(6-18)22-9/h3-5,9-10,12-15,18-21H,6,16H2/t9?,10?,12?,13-,14?/m1/s1. The monoisotopic (exact) mass is 307 g/mol. The Morgan fingerprint density at radius 3 is 2.68 bits per heavy atom. The van der Waals surface area contributed by atoms with Gasteiger partial charge in [-0.05, 0) is 12.0 Å². The smallest absolute Gasteiger partial charge is 0.147 e. The minimum atomic E-state index is -1.48. The van der Waals surface area contributed by atoms with Gasteiger partial charge in [-0.25, -0.2) is 4.98 Å². The minimum Gasteiger partial charge on any atom is -0.396 e. The Morgan fingerprint density at radius 1 is 1.32 bits per heavy atom. The first kappa shape index (κ1) is 16.4. The summed E-state index contributed by atoms with van der Waals surface area (Å²) in [4.78, 5) is 3.97. The maximum atomic E-state index is 9.86. The molecule has 1 aliphatic rings. The second-order valence-corrected chi connectivity index (χ2v) is 4.83. The van der Waals surface area contributed by atoms with Gasteiger partial charge in [-0.1, -0.05) is 5.92 Å². The van der Waals surface area contributed by atoms with Crippen molar-refractivity contribution in [3.63, 3.8) is 0 Å². The van der Waals surface area contributed by atoms with Crippen molar-refractivity contribution < 1.29 is 25.2 Å². The Hall–Kier alpha value is -2.02. The lowest BCUT2D eigenvalue weighted by atomic mass is 9.95. The van der Waals surface area contributed by atoms with Gasteiger partial charge in [-0.15, -0.1) is 0 Å². The number of pyridine rings is 1. The van der Waals surface area contributed by atoms with E-state index in [1.165, 1.54) is 6.20 Å². The molecule has 0 amide bonds. The third kappa shape index (κ3) is 3.09. The van der Waals surface area contributed by atoms with Crippen LogP contribution in [0.2, 0.25) is 0 Å². The van der Waals surface area contributed by atoms with Gasteiger partial charge >= 0.3 is 0 Å². The van der Waals surface area contributed by atoms with Gasteiger partial charge < -0.3 is 36.3 Å². The zero-order chi connectivity index (χ0) is 16.3. The first-order valence-electron chi connectivity index (χ1n) is 6.56. The van der Waals surface area contributed by atoms with Gasteiger partial charge in [0.2, 0.25) is 0 Å². The number of hydrogen-bond acceptors (Lipinski definition) is 8. The molecule has 0 saturated carbocycles. The largest absolute Gasteiger partial charge is 0.396 e. The molecule has 1 aromatic rings. The van der Waals surface area contributed by atoms with Crippen molar-refractivity contribution in [1.82, 2.24) is 4.98 Å². The fourth-order valence-corrected chi connectivity index (χ4v) is 2.07. The van der Waals surface area contributed by atoms with Crippen LogP contribution in [0.25, 0.3) is 0 Å². The Bertz CT molecular complexity index is 610. The SMILES string of the molecule is N=Cc1ccnc(C#CC2OC(CO)[C@@H](O)C(O)C2O)c1N. The molecule has 1 fully saturated rings. The Labute approximate surface area is 126 Å². The van der Waals surface area contributed by atoms with Gasteiger partial charge in [0.1, 0.15) is 36.2 Å². The van der Waals surface area contributed by atoms with Gasteiger partial charge in [0, 0.05) is 18.0 Å². The van der Waals surface area contributed by atoms with E-state index >= 15 is 0 Å². The van der Waals surface area contributed by atoms with Crippen molar-refractivity contribution in [3.8, 4) is 11.8 Å². The second-order valence-electron chi connectivity index (χ2n) is 4.83. The maximum absolute atomic E-state index is 9.86. The van der Waals surface area contributed by atoms with Crippen LogP contribution < -0.4 is 5.73 Å². The van der Waals surface area contributed by atoms with Gasteiger partial charge in [-0.2, -0.15) is 0 Å². The number of hydrogen-bond donors (Lipinski definition) is 6. The summed E-state index contributed by atoms with van der Waals surface area (Å²) in [5.74, 6) is 5.19. The molecule has 7 N–H and O–H groups in total. The zero-order valence-corrected chi connectivity index (χ0v) is 11.5. The van der Waals surface area contributed by atoms with Crippen molar-refractivity contribution >= 4 is 11.9 Å². The fourth-order valence-electron chi connectivity index (χ4n) is 2.07. The molecule has 5 atom stereocenters. The number of anilines is 1. The molecule has 0 aliphatic carbocycles. The molecule has 1 aromatic heterocycles. The summed E-state index contributed by atoms with van der Waals surface area (Å²) in [6.45, 7) is -0.521. The van der Waals surface area contributed by atoms with Crippen LogP contribution in [-0.2, 0) is 4.74 Å². The zero-order valence-electron chi connectivity index (χ0n) is 11.5. The molecule has 0 aromatic carbocycles. The third-order valence-electron chi connectivity index (χ3n) is 3.40. The van der Waals surface area contributed by atoms with Crippen molar-refractivity contribution in [2.45, 2.75) is 30.5 Å². The molecule has 22 heavy (non-hydrogen) atoms. The van der Waals surface area contributed by atoms with Crippen LogP contribution in [0.4, 0.5) is 5.69 Å². The van der Waals surface area contributed by atoms with Crippen LogP contribution >= 0.6 is 0 Å². The van der Waals surface area contributed by atoms with Crippen LogP contribution in [0, 0.1) is 17.3 Å². The Kier molecular flexibility index (Phi) is 5.07. The number of nitrogens with zero attached hydrogens (tertiary/aromatic N) is 1. The molecule has 8 nitrogen and oxygen atoms in total. The lowest BCUT2D eigenvalue weighted by Gasteiger charge is -2.37. The number of rotatable bonds is 2. The number of aliphatic hydroxyl groups is 4. The lowest BCUT2D eigenvalue weighted by Crippen LogP contribution is -2.58. The van der Waals surface area contributed by atoms with E-state index in [9.17, 15) is 15.3 Å². The number of ether oxygens (including phenoxy) is 1. The second kappa shape index (κ2) is 6.83. The van der Waals surface area contributed by atoms with Gasteiger partial charge in [0.25, 0.3) is 0 Å². The quantitative estimate of drug-likeness (QED) is 0.269. The van der Waals surface area contributed by atoms with Gasteiger partial charge in [0.15, 0.2) is 0 Å². The van der Waals surface area contributed by atoms with Crippen molar-refractivity contribution in [3.05, 3.63) is 23.5 Å². The molecule has 8 heteroatoms. The molecule has 118 valence electrons. The van der Waals surface area contributed by atoms with E-state index in [-0.39, 0.29) is 11.4 Å². The number of aliphatic hydroxyl groups excluding tert-OH is 4. The number of nitrogens with two attached hydrogens (primary N) is 1. The summed E-state index contributed by atoms with van der Waals surface area (Å²) in [5, 5.41) is 45.5. The number of aromatic nitrogens is 1. The van der Waals surface area contributed by atoms with Crippen molar-refractivity contribution in [2.24, 2.45) is 0 Å². The van der Waals surface area contributed by atoms with Crippen LogP contribution in [0.1, 0.15) is 11.3 Å². The molecule has 1 aliphatic heterocycles. The summed E-state index contributed by atoms with van der Waals surface area (Å²) >= 11 is 0. The maximum Gasteiger partial charge on any atom is 0.147 e. The average Bonchev–Trinajstić information content (AvgIpc) is 2.53. The Morgan fingerprint density at radius 2 is 2.05 bits per heavy atom. The number of nitrogen functional groups attached to an aromatic ring is 1. The molecule has 0 bridgehead atoms. The normalized spacial score (nSPS) is 31.2. The third-order valence-corrected chi connectivity index (χ3v) is 3.40. The van der Waals surface area contributed by atoms with E-state index in [2.05, 4.69) is 16.8 Å². The van der Waals surface area contributed by atoms with Crippen LogP contribution in [0.3, 0.4) is 0 Å². The van der Waals surface area contributed by atoms with E-state index in [0.717, 1.165) is 6.21 Å². The van der Waals surface area contributed by atoms with E-state index in [4.69, 9.17) is 21.0 Å². The first-order chi connectivity index (χ1) is 10.5. The highest BCUT2D eigenvalue weighted by Gasteiger charge is 2.42. The highest BCUT2D eigenvalue weighted by molar-refractivity contribution is 5.86. The van der Waals surface area contributed by atoms with Crippen molar-refractivity contribution in [2.75, 3.05) is 12.3 Å². The van der Waals surface area contributed by atoms with Gasteiger partial charge in [-0.3, -0.25) is 0 Å². The minimum absolute atomic E-state index is 0.206. The molecular formula is C14H17N3O5. The summed E-state index contributed by atoms with van der Waals surface area (Å²) in [6, 6.07) is 1.56. The van der Waals surface area contributed by atoms with Crippen LogP contribution in [0.15, 0.2) is 12.3 Å². The molecule has 0 spiro atoms. The van der Waals surface area contributed by atoms with Crippen LogP contribution in [-0.4, -0.2) is 68.8 Å². The van der Waals surface area contributed by atoms with E-state index < -0.39 is 37.1 Å². The summed E-state index contributed by atoms with van der Waals surface area (Å²) in [5.41, 5.74) is 6.67. The summed E-state index contributed by atoms with van der Waals surface area (Å²) in [7, 11) is 0. The molecule has 1 saturated heterocycles. The predicted octanol–water partition coefficient (Wildman–Crippen LogP) is -2.14. The fraction of sp³-hybridized carbons (Fsp3) is 0.429. The summed E-state index contributed by atoms with van der Waals surface area (Å²) < 4.78 is 5.25. The lowest BCUT2D eigenvalue weighted by molar-refractivity contribution is -0.214. The molecule has 2 heterocycles. The first-order valence-corrected chi connectivity index (χ1v) is 6.56. The van der Waals surface area contributed by atoms with E-state index in [1.807, 2.05) is 0 Å². The number of nitrogens with one attached hydrogen (secondary N) is 1. The van der Waals surface area contributed by atoms with E-state index in [1.54, 1.807) is 6.07 Å². The molecule has 0 radical (unpaired) electrons. The highest BCUT2D eigenvalue weighted by Crippen LogP contribution is 2.21. The topological polar surface area (TPSA) is 153 Å². The average molecular weight is 307 g/mol.